The first kappa shape index (κ1) is 61.4. The molecule has 3 heterocycles. The van der Waals surface area contributed by atoms with E-state index in [1.54, 1.807) is 0 Å². The molecule has 0 atom stereocenters. The van der Waals surface area contributed by atoms with Crippen molar-refractivity contribution in [1.29, 1.82) is 0 Å². The van der Waals surface area contributed by atoms with Crippen LogP contribution >= 0.6 is 0 Å². The lowest BCUT2D eigenvalue weighted by molar-refractivity contribution is -0.246. The molecule has 438 valence electrons. The Morgan fingerprint density at radius 3 is 0.679 bits per heavy atom. The van der Waals surface area contributed by atoms with Crippen molar-refractivity contribution in [3.05, 3.63) is 88.8 Å². The molecule has 0 bridgehead atoms. The summed E-state index contributed by atoms with van der Waals surface area (Å²) in [5, 5.41) is 0. The summed E-state index contributed by atoms with van der Waals surface area (Å²) in [5.74, 6) is -19.0. The Balaban J connectivity index is 0.000000170. The third kappa shape index (κ3) is 16.2. The minimum absolute atomic E-state index is 0.0373. The summed E-state index contributed by atoms with van der Waals surface area (Å²) in [6.45, 7) is 9.55. The van der Waals surface area contributed by atoms with Gasteiger partial charge in [-0.3, -0.25) is 0 Å². The Morgan fingerprint density at radius 1 is 0.321 bits per heavy atom. The van der Waals surface area contributed by atoms with Crippen molar-refractivity contribution in [3.8, 4) is 17.2 Å². The normalized spacial score (nSPS) is 30.2. The first-order valence-corrected chi connectivity index (χ1v) is 26.1. The molecular formula is C54H63F15O9. The molecule has 24 heteroatoms. The molecule has 78 heavy (non-hydrogen) atoms. The van der Waals surface area contributed by atoms with Crippen LogP contribution in [0.15, 0.2) is 36.4 Å². The molecule has 3 saturated heterocycles. The molecule has 3 aliphatic heterocycles. The van der Waals surface area contributed by atoms with E-state index in [1.165, 1.54) is 0 Å². The Hall–Kier alpha value is -4.23. The quantitative estimate of drug-likeness (QED) is 0.130. The fourth-order valence-corrected chi connectivity index (χ4v) is 10.3. The van der Waals surface area contributed by atoms with Crippen molar-refractivity contribution in [1.82, 2.24) is 0 Å². The highest BCUT2D eigenvalue weighted by Crippen LogP contribution is 2.45. The van der Waals surface area contributed by atoms with Gasteiger partial charge >= 0.3 is 18.3 Å². The van der Waals surface area contributed by atoms with Crippen LogP contribution in [0.4, 0.5) is 65.9 Å². The van der Waals surface area contributed by atoms with Crippen molar-refractivity contribution in [2.24, 2.45) is 53.3 Å². The van der Waals surface area contributed by atoms with E-state index < -0.39 is 106 Å². The molecule has 9 nitrogen and oxygen atoms in total. The number of alkyl halides is 6. The minimum atomic E-state index is -3.61. The van der Waals surface area contributed by atoms with Crippen LogP contribution in [-0.2, 0) is 28.4 Å². The summed E-state index contributed by atoms with van der Waals surface area (Å²) in [6.07, 6.45) is -8.04. The number of benzene rings is 3. The van der Waals surface area contributed by atoms with E-state index in [0.29, 0.717) is 132 Å². The highest BCUT2D eigenvalue weighted by atomic mass is 19.3. The van der Waals surface area contributed by atoms with Gasteiger partial charge in [-0.25, -0.2) is 39.5 Å². The van der Waals surface area contributed by atoms with Crippen LogP contribution in [0.5, 0.6) is 17.2 Å². The molecule has 0 N–H and O–H groups in total. The topological polar surface area (TPSA) is 83.1 Å². The van der Waals surface area contributed by atoms with Crippen molar-refractivity contribution in [3.63, 3.8) is 0 Å². The van der Waals surface area contributed by atoms with Crippen molar-refractivity contribution < 1.29 is 108 Å². The van der Waals surface area contributed by atoms with E-state index in [9.17, 15) is 65.9 Å². The molecule has 6 fully saturated rings. The summed E-state index contributed by atoms with van der Waals surface area (Å²) in [7, 11) is 0. The van der Waals surface area contributed by atoms with Crippen LogP contribution < -0.4 is 14.2 Å². The number of hydrogen-bond acceptors (Lipinski definition) is 9. The lowest BCUT2D eigenvalue weighted by Crippen LogP contribution is -2.41. The van der Waals surface area contributed by atoms with E-state index in [1.807, 2.05) is 20.8 Å². The number of hydrogen-bond donors (Lipinski definition) is 0. The van der Waals surface area contributed by atoms with Gasteiger partial charge < -0.3 is 42.6 Å². The van der Waals surface area contributed by atoms with E-state index in [-0.39, 0.29) is 75.1 Å². The largest absolute Gasteiger partial charge is 0.432 e. The molecule has 0 unspecified atom stereocenters. The molecule has 0 aromatic heterocycles. The maximum absolute atomic E-state index is 14.4. The van der Waals surface area contributed by atoms with Gasteiger partial charge in [0.05, 0.1) is 57.4 Å². The molecule has 0 spiro atoms. The zero-order chi connectivity index (χ0) is 56.7. The smallest absolute Gasteiger partial charge is 0.400 e. The predicted octanol–water partition coefficient (Wildman–Crippen LogP) is 14.7. The lowest BCUT2D eigenvalue weighted by atomic mass is 9.81. The Kier molecular flexibility index (Phi) is 20.9. The summed E-state index contributed by atoms with van der Waals surface area (Å²) < 4.78 is 251. The Bertz CT molecular complexity index is 2060. The van der Waals surface area contributed by atoms with Gasteiger partial charge in [0.1, 0.15) is 17.2 Å². The van der Waals surface area contributed by atoms with Gasteiger partial charge in [0.2, 0.25) is 0 Å². The lowest BCUT2D eigenvalue weighted by Gasteiger charge is -2.38. The fourth-order valence-electron chi connectivity index (χ4n) is 10.3. The first-order valence-electron chi connectivity index (χ1n) is 26.1. The monoisotopic (exact) mass is 1140 g/mol. The Labute approximate surface area is 441 Å². The maximum Gasteiger partial charge on any atom is 0.400 e. The summed E-state index contributed by atoms with van der Waals surface area (Å²) >= 11 is 0. The first-order chi connectivity index (χ1) is 36.8. The second-order valence-electron chi connectivity index (χ2n) is 21.4. The molecule has 0 radical (unpaired) electrons. The molecule has 6 aliphatic rings. The summed E-state index contributed by atoms with van der Waals surface area (Å²) in [4.78, 5) is 0. The van der Waals surface area contributed by atoms with Gasteiger partial charge in [-0.1, -0.05) is 20.8 Å². The van der Waals surface area contributed by atoms with Gasteiger partial charge in [-0.2, -0.15) is 26.3 Å². The number of rotatable bonds is 12. The molecular weight excluding hydrogens is 1080 g/mol. The number of ether oxygens (including phenoxy) is 9. The van der Waals surface area contributed by atoms with E-state index in [0.717, 1.165) is 0 Å². The summed E-state index contributed by atoms with van der Waals surface area (Å²) in [6, 6.07) is 2.52. The van der Waals surface area contributed by atoms with Crippen LogP contribution in [0.1, 0.15) is 97.8 Å². The predicted molar refractivity (Wildman–Crippen MR) is 247 cm³/mol. The Morgan fingerprint density at radius 2 is 0.500 bits per heavy atom. The standard InChI is InChI=1S/3C18H21F5O3/c3*1-10-8-24-17(25-9-10)11-2-4-12(5-3-11)18(22,23)26-13-6-14(19)16(21)15(20)7-13/h3*6-7,10-12,17H,2-5,8-9H2,1H3. The molecule has 3 aromatic rings. The molecule has 3 aliphatic carbocycles. The third-order valence-electron chi connectivity index (χ3n) is 14.8. The van der Waals surface area contributed by atoms with E-state index in [4.69, 9.17) is 28.4 Å². The SMILES string of the molecule is CC1COC(C2CCC(C(F)(F)Oc3cc(F)c(F)c(F)c3)CC2)OC1.CC1COC(C2CCC(C(F)(F)Oc3cc(F)c(F)c(F)c3)CC2)OC1.CC1COC(C2CCC(C(F)(F)Oc3cc(F)c(F)c(F)c3)CC2)OC1. The highest BCUT2D eigenvalue weighted by molar-refractivity contribution is 5.27. The fraction of sp³-hybridized carbons (Fsp3) is 0.667. The van der Waals surface area contributed by atoms with E-state index >= 15 is 0 Å². The van der Waals surface area contributed by atoms with Gasteiger partial charge in [0, 0.05) is 71.9 Å². The zero-order valence-electron chi connectivity index (χ0n) is 43.0. The van der Waals surface area contributed by atoms with Crippen LogP contribution in [0.3, 0.4) is 0 Å². The van der Waals surface area contributed by atoms with Crippen LogP contribution in [0.2, 0.25) is 0 Å². The van der Waals surface area contributed by atoms with Gasteiger partial charge in [-0.15, -0.1) is 0 Å². The van der Waals surface area contributed by atoms with Gasteiger partial charge in [-0.05, 0) is 77.0 Å². The van der Waals surface area contributed by atoms with Gasteiger partial charge in [0.15, 0.2) is 71.2 Å². The van der Waals surface area contributed by atoms with Crippen LogP contribution in [0.25, 0.3) is 0 Å². The van der Waals surface area contributed by atoms with Crippen molar-refractivity contribution >= 4 is 0 Å². The third-order valence-corrected chi connectivity index (χ3v) is 14.8. The molecule has 0 amide bonds. The van der Waals surface area contributed by atoms with Crippen molar-refractivity contribution in [2.45, 2.75) is 135 Å². The highest BCUT2D eigenvalue weighted by Gasteiger charge is 2.49. The summed E-state index contributed by atoms with van der Waals surface area (Å²) in [5.41, 5.74) is 0. The molecule has 9 rings (SSSR count). The maximum atomic E-state index is 14.4. The van der Waals surface area contributed by atoms with Crippen LogP contribution in [-0.4, -0.2) is 76.8 Å². The van der Waals surface area contributed by atoms with Crippen molar-refractivity contribution in [2.75, 3.05) is 39.6 Å². The minimum Gasteiger partial charge on any atom is -0.432 e. The zero-order valence-corrected chi connectivity index (χ0v) is 43.0. The molecule has 3 saturated carbocycles. The van der Waals surface area contributed by atoms with Gasteiger partial charge in [0.25, 0.3) is 0 Å². The van der Waals surface area contributed by atoms with E-state index in [2.05, 4.69) is 14.2 Å². The van der Waals surface area contributed by atoms with Crippen LogP contribution in [0, 0.1) is 106 Å². The number of halogens is 15. The average Bonchev–Trinajstić information content (AvgIpc) is 3.42. The average molecular weight is 1140 g/mol. The second-order valence-corrected chi connectivity index (χ2v) is 21.4. The second kappa shape index (κ2) is 26.6. The molecule has 3 aromatic carbocycles.